The molecule has 0 fully saturated rings. The van der Waals surface area contributed by atoms with Gasteiger partial charge < -0.3 is 14.8 Å². The number of rotatable bonds is 4. The molecule has 1 aliphatic rings. The van der Waals surface area contributed by atoms with Crippen molar-refractivity contribution >= 4 is 17.8 Å². The van der Waals surface area contributed by atoms with Crippen LogP contribution < -0.4 is 5.32 Å². The molecule has 2 rings (SSSR count). The molecule has 0 bridgehead atoms. The summed E-state index contributed by atoms with van der Waals surface area (Å²) in [5, 5.41) is 2.69. The van der Waals surface area contributed by atoms with Gasteiger partial charge in [-0.3, -0.25) is 9.59 Å². The molecule has 6 heteroatoms. The Morgan fingerprint density at radius 1 is 1.20 bits per heavy atom. The standard InChI is InChI=1S/C19H25NO5/c1-18(2,3)25-17(23)19(4,5)11-20-15(21)14-10-12-8-6-7-9-13(12)16(22)24-14/h6-9,14H,10-11H2,1-5H3,(H,20,21). The number of esters is 2. The van der Waals surface area contributed by atoms with E-state index in [-0.39, 0.29) is 6.54 Å². The number of carbonyl (C=O) groups excluding carboxylic acids is 3. The monoisotopic (exact) mass is 347 g/mol. The van der Waals surface area contributed by atoms with E-state index in [1.807, 2.05) is 6.07 Å². The summed E-state index contributed by atoms with van der Waals surface area (Å²) < 4.78 is 10.6. The first-order valence-corrected chi connectivity index (χ1v) is 8.30. The van der Waals surface area contributed by atoms with Gasteiger partial charge in [-0.1, -0.05) is 18.2 Å². The molecular weight excluding hydrogens is 322 g/mol. The molecule has 1 heterocycles. The molecule has 25 heavy (non-hydrogen) atoms. The van der Waals surface area contributed by atoms with E-state index in [1.165, 1.54) is 0 Å². The lowest BCUT2D eigenvalue weighted by Gasteiger charge is -2.29. The van der Waals surface area contributed by atoms with E-state index in [4.69, 9.17) is 9.47 Å². The average Bonchev–Trinajstić information content (AvgIpc) is 2.51. The lowest BCUT2D eigenvalue weighted by molar-refractivity contribution is -0.165. The van der Waals surface area contributed by atoms with Crippen molar-refractivity contribution in [1.29, 1.82) is 0 Å². The molecule has 0 saturated heterocycles. The lowest BCUT2D eigenvalue weighted by Crippen LogP contribution is -2.47. The molecule has 1 N–H and O–H groups in total. The average molecular weight is 347 g/mol. The van der Waals surface area contributed by atoms with E-state index in [2.05, 4.69) is 5.32 Å². The SMILES string of the molecule is CC(C)(C)OC(=O)C(C)(C)CNC(=O)C1Cc2ccccc2C(=O)O1. The van der Waals surface area contributed by atoms with Gasteiger partial charge in [-0.15, -0.1) is 0 Å². The Bertz CT molecular complexity index is 687. The van der Waals surface area contributed by atoms with Gasteiger partial charge in [-0.05, 0) is 46.2 Å². The van der Waals surface area contributed by atoms with Crippen LogP contribution in [0.25, 0.3) is 0 Å². The summed E-state index contributed by atoms with van der Waals surface area (Å²) in [6.07, 6.45) is -0.572. The summed E-state index contributed by atoms with van der Waals surface area (Å²) in [7, 11) is 0. The predicted molar refractivity (Wildman–Crippen MR) is 92.0 cm³/mol. The van der Waals surface area contributed by atoms with Crippen LogP contribution in [0.1, 0.15) is 50.5 Å². The number of benzene rings is 1. The van der Waals surface area contributed by atoms with E-state index in [9.17, 15) is 14.4 Å². The van der Waals surface area contributed by atoms with Crippen LogP contribution in [0, 0.1) is 5.41 Å². The van der Waals surface area contributed by atoms with Gasteiger partial charge in [-0.2, -0.15) is 0 Å². The Balaban J connectivity index is 1.97. The van der Waals surface area contributed by atoms with Gasteiger partial charge in [0.25, 0.3) is 5.91 Å². The summed E-state index contributed by atoms with van der Waals surface area (Å²) in [4.78, 5) is 36.6. The Morgan fingerprint density at radius 2 is 1.84 bits per heavy atom. The fraction of sp³-hybridized carbons (Fsp3) is 0.526. The first-order valence-electron chi connectivity index (χ1n) is 8.30. The molecule has 0 saturated carbocycles. The van der Waals surface area contributed by atoms with Crippen LogP contribution in [0.5, 0.6) is 0 Å². The normalized spacial score (nSPS) is 17.3. The van der Waals surface area contributed by atoms with Crippen molar-refractivity contribution in [2.24, 2.45) is 5.41 Å². The lowest BCUT2D eigenvalue weighted by atomic mass is 9.92. The molecule has 0 aromatic heterocycles. The van der Waals surface area contributed by atoms with Gasteiger partial charge in [0.15, 0.2) is 6.10 Å². The van der Waals surface area contributed by atoms with Crippen molar-refractivity contribution < 1.29 is 23.9 Å². The fourth-order valence-electron chi connectivity index (χ4n) is 2.39. The maximum atomic E-state index is 12.4. The first-order chi connectivity index (χ1) is 11.5. The van der Waals surface area contributed by atoms with Gasteiger partial charge in [0.05, 0.1) is 11.0 Å². The Labute approximate surface area is 147 Å². The van der Waals surface area contributed by atoms with Crippen LogP contribution in [0.15, 0.2) is 24.3 Å². The molecule has 0 spiro atoms. The summed E-state index contributed by atoms with van der Waals surface area (Å²) in [5.41, 5.74) is -0.216. The highest BCUT2D eigenvalue weighted by molar-refractivity contribution is 5.95. The van der Waals surface area contributed by atoms with Gasteiger partial charge in [0, 0.05) is 13.0 Å². The van der Waals surface area contributed by atoms with E-state index in [1.54, 1.807) is 52.8 Å². The number of hydrogen-bond donors (Lipinski definition) is 1. The number of carbonyl (C=O) groups is 3. The molecule has 1 aromatic carbocycles. The molecule has 1 aromatic rings. The van der Waals surface area contributed by atoms with Crippen LogP contribution in [-0.2, 0) is 25.5 Å². The number of ether oxygens (including phenoxy) is 2. The minimum absolute atomic E-state index is 0.0937. The topological polar surface area (TPSA) is 81.7 Å². The van der Waals surface area contributed by atoms with Crippen LogP contribution in [0.3, 0.4) is 0 Å². The van der Waals surface area contributed by atoms with E-state index in [0.29, 0.717) is 12.0 Å². The van der Waals surface area contributed by atoms with Crippen molar-refractivity contribution in [3.8, 4) is 0 Å². The van der Waals surface area contributed by atoms with Crippen LogP contribution in [-0.4, -0.2) is 36.1 Å². The molecule has 0 radical (unpaired) electrons. The quantitative estimate of drug-likeness (QED) is 0.845. The Kier molecular flexibility index (Phi) is 5.20. The largest absolute Gasteiger partial charge is 0.460 e. The predicted octanol–water partition coefficient (Wildman–Crippen LogP) is 2.25. The van der Waals surface area contributed by atoms with Gasteiger partial charge >= 0.3 is 11.9 Å². The zero-order valence-electron chi connectivity index (χ0n) is 15.3. The third-order valence-corrected chi connectivity index (χ3v) is 3.84. The second kappa shape index (κ2) is 6.86. The molecule has 1 aliphatic heterocycles. The van der Waals surface area contributed by atoms with Crippen molar-refractivity contribution in [3.63, 3.8) is 0 Å². The molecule has 0 aliphatic carbocycles. The second-order valence-electron chi connectivity index (χ2n) is 7.86. The smallest absolute Gasteiger partial charge is 0.339 e. The van der Waals surface area contributed by atoms with E-state index < -0.39 is 35.0 Å². The zero-order valence-corrected chi connectivity index (χ0v) is 15.3. The third kappa shape index (κ3) is 4.81. The highest BCUT2D eigenvalue weighted by atomic mass is 16.6. The summed E-state index contributed by atoms with van der Waals surface area (Å²) in [6.45, 7) is 8.86. The van der Waals surface area contributed by atoms with Crippen molar-refractivity contribution in [1.82, 2.24) is 5.32 Å². The molecule has 6 nitrogen and oxygen atoms in total. The van der Waals surface area contributed by atoms with E-state index >= 15 is 0 Å². The third-order valence-electron chi connectivity index (χ3n) is 3.84. The molecular formula is C19H25NO5. The first kappa shape index (κ1) is 19.0. The van der Waals surface area contributed by atoms with Crippen molar-refractivity contribution in [2.75, 3.05) is 6.54 Å². The van der Waals surface area contributed by atoms with Crippen LogP contribution in [0.4, 0.5) is 0 Å². The van der Waals surface area contributed by atoms with Crippen LogP contribution in [0.2, 0.25) is 0 Å². The number of nitrogens with one attached hydrogen (secondary N) is 1. The van der Waals surface area contributed by atoms with Gasteiger partial charge in [0.2, 0.25) is 0 Å². The minimum Gasteiger partial charge on any atom is -0.460 e. The highest BCUT2D eigenvalue weighted by Gasteiger charge is 2.35. The van der Waals surface area contributed by atoms with Gasteiger partial charge in [-0.25, -0.2) is 4.79 Å². The fourth-order valence-corrected chi connectivity index (χ4v) is 2.39. The van der Waals surface area contributed by atoms with E-state index in [0.717, 1.165) is 5.56 Å². The summed E-state index contributed by atoms with van der Waals surface area (Å²) in [6, 6.07) is 7.06. The summed E-state index contributed by atoms with van der Waals surface area (Å²) >= 11 is 0. The van der Waals surface area contributed by atoms with Gasteiger partial charge in [0.1, 0.15) is 5.60 Å². The second-order valence-corrected chi connectivity index (χ2v) is 7.86. The Morgan fingerprint density at radius 3 is 2.48 bits per heavy atom. The molecule has 1 amide bonds. The maximum absolute atomic E-state index is 12.4. The van der Waals surface area contributed by atoms with Crippen molar-refractivity contribution in [2.45, 2.75) is 52.7 Å². The number of hydrogen-bond acceptors (Lipinski definition) is 5. The number of fused-ring (bicyclic) bond motifs is 1. The van der Waals surface area contributed by atoms with Crippen LogP contribution >= 0.6 is 0 Å². The number of amides is 1. The molecule has 1 atom stereocenters. The minimum atomic E-state index is -0.892. The molecule has 1 unspecified atom stereocenters. The molecule has 136 valence electrons. The summed E-state index contributed by atoms with van der Waals surface area (Å²) in [5.74, 6) is -1.32. The number of cyclic esters (lactones) is 1. The maximum Gasteiger partial charge on any atom is 0.339 e. The Hall–Kier alpha value is -2.37. The van der Waals surface area contributed by atoms with Crippen molar-refractivity contribution in [3.05, 3.63) is 35.4 Å². The zero-order chi connectivity index (χ0) is 18.8. The highest BCUT2D eigenvalue weighted by Crippen LogP contribution is 2.22.